The summed E-state index contributed by atoms with van der Waals surface area (Å²) in [6.45, 7) is 0.334. The maximum absolute atomic E-state index is 12.7. The minimum atomic E-state index is -4.40. The lowest BCUT2D eigenvalue weighted by molar-refractivity contribution is -0.137. The summed E-state index contributed by atoms with van der Waals surface area (Å²) in [5, 5.41) is 7.25. The lowest BCUT2D eigenvalue weighted by Gasteiger charge is -2.12. The maximum atomic E-state index is 12.7. The van der Waals surface area contributed by atoms with Crippen LogP contribution in [0.3, 0.4) is 0 Å². The van der Waals surface area contributed by atoms with Crippen LogP contribution in [0.1, 0.15) is 11.3 Å². The average Bonchev–Trinajstić information content (AvgIpc) is 2.88. The van der Waals surface area contributed by atoms with Crippen LogP contribution in [0.4, 0.5) is 24.8 Å². The van der Waals surface area contributed by atoms with Gasteiger partial charge in [-0.3, -0.25) is 0 Å². The van der Waals surface area contributed by atoms with Crippen molar-refractivity contribution in [3.05, 3.63) is 34.3 Å². The third-order valence-corrected chi connectivity index (χ3v) is 2.98. The van der Waals surface area contributed by atoms with Crippen LogP contribution in [-0.2, 0) is 12.7 Å². The highest BCUT2D eigenvalue weighted by Gasteiger charge is 2.31. The molecule has 0 unspecified atom stereocenters. The molecule has 19 heavy (non-hydrogen) atoms. The van der Waals surface area contributed by atoms with Crippen molar-refractivity contribution < 1.29 is 13.2 Å². The van der Waals surface area contributed by atoms with Crippen molar-refractivity contribution >= 4 is 23.0 Å². The van der Waals surface area contributed by atoms with Crippen LogP contribution in [-0.4, -0.2) is 17.0 Å². The van der Waals surface area contributed by atoms with Gasteiger partial charge in [-0.25, -0.2) is 9.97 Å². The van der Waals surface area contributed by atoms with E-state index in [4.69, 9.17) is 0 Å². The number of nitrogens with zero attached hydrogens (tertiary/aromatic N) is 2. The predicted octanol–water partition coefficient (Wildman–Crippen LogP) is 3.21. The Morgan fingerprint density at radius 1 is 1.26 bits per heavy atom. The fraction of sp³-hybridized carbons (Fsp3) is 0.273. The molecule has 0 radical (unpaired) electrons. The number of alkyl halides is 3. The minimum Gasteiger partial charge on any atom is -0.373 e. The molecule has 0 saturated heterocycles. The first kappa shape index (κ1) is 13.6. The topological polar surface area (TPSA) is 49.8 Å². The van der Waals surface area contributed by atoms with E-state index in [2.05, 4.69) is 20.6 Å². The highest BCUT2D eigenvalue weighted by Crippen LogP contribution is 2.32. The van der Waals surface area contributed by atoms with E-state index in [-0.39, 0.29) is 11.6 Å². The van der Waals surface area contributed by atoms with Crippen LogP contribution in [0, 0.1) is 0 Å². The van der Waals surface area contributed by atoms with Crippen molar-refractivity contribution in [1.82, 2.24) is 9.97 Å². The predicted molar refractivity (Wildman–Crippen MR) is 68.2 cm³/mol. The number of hydrogen-bond acceptors (Lipinski definition) is 5. The van der Waals surface area contributed by atoms with Gasteiger partial charge in [0.05, 0.1) is 23.3 Å². The van der Waals surface area contributed by atoms with Crippen LogP contribution in [0.25, 0.3) is 0 Å². The molecule has 0 bridgehead atoms. The molecule has 0 spiro atoms. The zero-order valence-corrected chi connectivity index (χ0v) is 10.8. The number of aromatic nitrogens is 2. The van der Waals surface area contributed by atoms with Gasteiger partial charge in [-0.15, -0.1) is 11.3 Å². The van der Waals surface area contributed by atoms with Crippen molar-refractivity contribution in [2.75, 3.05) is 17.7 Å². The number of thiazole rings is 1. The summed E-state index contributed by atoms with van der Waals surface area (Å²) in [7, 11) is 1.52. The van der Waals surface area contributed by atoms with Gasteiger partial charge in [-0.2, -0.15) is 13.2 Å². The highest BCUT2D eigenvalue weighted by atomic mass is 32.1. The zero-order valence-electron chi connectivity index (χ0n) is 9.95. The zero-order chi connectivity index (χ0) is 13.9. The van der Waals surface area contributed by atoms with Gasteiger partial charge in [0.25, 0.3) is 0 Å². The lowest BCUT2D eigenvalue weighted by Crippen LogP contribution is -2.10. The van der Waals surface area contributed by atoms with Gasteiger partial charge in [0.2, 0.25) is 0 Å². The second-order valence-electron chi connectivity index (χ2n) is 3.71. The Hall–Kier alpha value is -1.83. The fourth-order valence-electron chi connectivity index (χ4n) is 1.42. The van der Waals surface area contributed by atoms with E-state index in [0.717, 1.165) is 17.8 Å². The van der Waals surface area contributed by atoms with E-state index in [0.29, 0.717) is 6.54 Å². The van der Waals surface area contributed by atoms with E-state index >= 15 is 0 Å². The fourth-order valence-corrected chi connectivity index (χ4v) is 1.98. The molecule has 0 aliphatic rings. The largest absolute Gasteiger partial charge is 0.416 e. The standard InChI is InChI=1S/C11H11F3N4S/c1-15-9-2-7(11(12,13)14)3-10(18-9)16-4-8-5-19-6-17-8/h2-3,5-6H,4H2,1H3,(H2,15,16,18). The third kappa shape index (κ3) is 3.57. The van der Waals surface area contributed by atoms with E-state index < -0.39 is 11.7 Å². The molecule has 0 saturated carbocycles. The van der Waals surface area contributed by atoms with E-state index in [9.17, 15) is 13.2 Å². The molecule has 0 atom stereocenters. The summed E-state index contributed by atoms with van der Waals surface area (Å²) in [6, 6.07) is 1.95. The second kappa shape index (κ2) is 5.43. The van der Waals surface area contributed by atoms with E-state index in [1.807, 2.05) is 5.38 Å². The van der Waals surface area contributed by atoms with Gasteiger partial charge in [0.15, 0.2) is 0 Å². The highest BCUT2D eigenvalue weighted by molar-refractivity contribution is 7.07. The normalized spacial score (nSPS) is 11.4. The molecule has 2 heterocycles. The second-order valence-corrected chi connectivity index (χ2v) is 4.43. The smallest absolute Gasteiger partial charge is 0.373 e. The number of rotatable bonds is 4. The first-order valence-electron chi connectivity index (χ1n) is 5.37. The molecule has 4 nitrogen and oxygen atoms in total. The molecule has 8 heteroatoms. The Balaban J connectivity index is 2.19. The van der Waals surface area contributed by atoms with Gasteiger partial charge < -0.3 is 10.6 Å². The quantitative estimate of drug-likeness (QED) is 0.907. The van der Waals surface area contributed by atoms with Crippen LogP contribution in [0.2, 0.25) is 0 Å². The summed E-state index contributed by atoms with van der Waals surface area (Å²) in [5.74, 6) is 0.322. The Morgan fingerprint density at radius 2 is 2.00 bits per heavy atom. The summed E-state index contributed by atoms with van der Waals surface area (Å²) in [4.78, 5) is 8.05. The van der Waals surface area contributed by atoms with Gasteiger partial charge in [0, 0.05) is 12.4 Å². The molecular formula is C11H11F3N4S. The van der Waals surface area contributed by atoms with Crippen molar-refractivity contribution in [1.29, 1.82) is 0 Å². The average molecular weight is 288 g/mol. The van der Waals surface area contributed by atoms with E-state index in [1.54, 1.807) is 5.51 Å². The number of nitrogens with one attached hydrogen (secondary N) is 2. The lowest BCUT2D eigenvalue weighted by atomic mass is 10.2. The molecule has 2 N–H and O–H groups in total. The SMILES string of the molecule is CNc1cc(C(F)(F)F)cc(NCc2cscn2)n1. The van der Waals surface area contributed by atoms with Crippen molar-refractivity contribution in [3.8, 4) is 0 Å². The molecule has 0 aromatic carbocycles. The Morgan fingerprint density at radius 3 is 2.58 bits per heavy atom. The van der Waals surface area contributed by atoms with Gasteiger partial charge in [-0.1, -0.05) is 0 Å². The van der Waals surface area contributed by atoms with Gasteiger partial charge in [-0.05, 0) is 12.1 Å². The van der Waals surface area contributed by atoms with Crippen LogP contribution < -0.4 is 10.6 Å². The third-order valence-electron chi connectivity index (χ3n) is 2.34. The molecule has 0 amide bonds. The summed E-state index contributed by atoms with van der Waals surface area (Å²) in [5.41, 5.74) is 1.68. The first-order chi connectivity index (χ1) is 8.99. The van der Waals surface area contributed by atoms with Crippen molar-refractivity contribution in [3.63, 3.8) is 0 Å². The molecule has 2 aromatic heterocycles. The van der Waals surface area contributed by atoms with Crippen LogP contribution >= 0.6 is 11.3 Å². The van der Waals surface area contributed by atoms with Gasteiger partial charge >= 0.3 is 6.18 Å². The summed E-state index contributed by atoms with van der Waals surface area (Å²) >= 11 is 1.43. The summed E-state index contributed by atoms with van der Waals surface area (Å²) < 4.78 is 38.1. The minimum absolute atomic E-state index is 0.159. The molecule has 102 valence electrons. The van der Waals surface area contributed by atoms with Gasteiger partial charge in [0.1, 0.15) is 11.6 Å². The number of hydrogen-bond donors (Lipinski definition) is 2. The monoisotopic (exact) mass is 288 g/mol. The van der Waals surface area contributed by atoms with E-state index in [1.165, 1.54) is 18.4 Å². The molecule has 2 aromatic rings. The number of halogens is 3. The first-order valence-corrected chi connectivity index (χ1v) is 6.31. The Labute approximate surface area is 111 Å². The van der Waals surface area contributed by atoms with Crippen LogP contribution in [0.5, 0.6) is 0 Å². The molecule has 0 aliphatic carbocycles. The number of pyridine rings is 1. The maximum Gasteiger partial charge on any atom is 0.416 e. The Bertz CT molecular complexity index is 539. The van der Waals surface area contributed by atoms with Crippen molar-refractivity contribution in [2.45, 2.75) is 12.7 Å². The van der Waals surface area contributed by atoms with Crippen LogP contribution in [0.15, 0.2) is 23.0 Å². The molecule has 0 aliphatic heterocycles. The number of anilines is 2. The Kier molecular flexibility index (Phi) is 3.89. The molecule has 2 rings (SSSR count). The molecular weight excluding hydrogens is 277 g/mol. The summed E-state index contributed by atoms with van der Waals surface area (Å²) in [6.07, 6.45) is -4.40. The molecule has 0 fully saturated rings. The van der Waals surface area contributed by atoms with Crippen molar-refractivity contribution in [2.24, 2.45) is 0 Å².